The second kappa shape index (κ2) is 4.30. The van der Waals surface area contributed by atoms with E-state index in [1.807, 2.05) is 0 Å². The molecule has 0 bridgehead atoms. The van der Waals surface area contributed by atoms with E-state index in [1.54, 1.807) is 0 Å². The molecule has 1 heterocycles. The average Bonchev–Trinajstić information content (AvgIpc) is 2.12. The number of carbonyl (C=O) groups excluding carboxylic acids is 1. The zero-order valence-corrected chi connectivity index (χ0v) is 6.23. The summed E-state index contributed by atoms with van der Waals surface area (Å²) in [7, 11) is -4.64. The summed E-state index contributed by atoms with van der Waals surface area (Å²) in [5, 5.41) is 0. The van der Waals surface area contributed by atoms with Crippen LogP contribution in [0.15, 0.2) is 0 Å². The molecular formula is C3H7O7P. The van der Waals surface area contributed by atoms with Crippen molar-refractivity contribution in [1.82, 2.24) is 0 Å². The number of cyclic esters (lactones) is 2. The third-order valence-electron chi connectivity index (χ3n) is 0.523. The molecule has 3 N–H and O–H groups in total. The molecule has 0 aromatic carbocycles. The van der Waals surface area contributed by atoms with Gasteiger partial charge >= 0.3 is 14.0 Å². The smallest absolute Gasteiger partial charge is 0.431 e. The van der Waals surface area contributed by atoms with E-state index in [0.29, 0.717) is 13.2 Å². The minimum absolute atomic E-state index is 0.416. The summed E-state index contributed by atoms with van der Waals surface area (Å²) in [5.41, 5.74) is 0. The predicted octanol–water partition coefficient (Wildman–Crippen LogP) is -0.775. The zero-order valence-electron chi connectivity index (χ0n) is 5.34. The molecule has 0 amide bonds. The van der Waals surface area contributed by atoms with Crippen molar-refractivity contribution >= 4 is 14.0 Å². The highest BCUT2D eigenvalue weighted by atomic mass is 31.2. The van der Waals surface area contributed by atoms with Gasteiger partial charge in [0.2, 0.25) is 0 Å². The number of carbonyl (C=O) groups is 1. The van der Waals surface area contributed by atoms with E-state index in [4.69, 9.17) is 19.2 Å². The first-order chi connectivity index (χ1) is 4.89. The molecule has 11 heavy (non-hydrogen) atoms. The molecule has 0 radical (unpaired) electrons. The summed E-state index contributed by atoms with van der Waals surface area (Å²) in [5.74, 6) is 0. The van der Waals surface area contributed by atoms with Crippen molar-refractivity contribution in [2.45, 2.75) is 0 Å². The highest BCUT2D eigenvalue weighted by Gasteiger charge is 2.09. The standard InChI is InChI=1S/C3H4O3.H3O4P/c4-3-5-1-2-6-3;1-5(2,3)4/h1-2H2;(H3,1,2,3,4). The van der Waals surface area contributed by atoms with Crippen LogP contribution in [0, 0.1) is 0 Å². The number of phosphoric acid groups is 1. The lowest BCUT2D eigenvalue weighted by Gasteiger charge is -1.82. The minimum atomic E-state index is -4.64. The quantitative estimate of drug-likeness (QED) is 0.336. The van der Waals surface area contributed by atoms with Crippen molar-refractivity contribution in [3.63, 3.8) is 0 Å². The van der Waals surface area contributed by atoms with E-state index in [-0.39, 0.29) is 0 Å². The highest BCUT2D eigenvalue weighted by molar-refractivity contribution is 7.45. The van der Waals surface area contributed by atoms with Crippen LogP contribution in [0.2, 0.25) is 0 Å². The fraction of sp³-hybridized carbons (Fsp3) is 0.667. The molecule has 66 valence electrons. The molecule has 0 saturated carbocycles. The van der Waals surface area contributed by atoms with Crippen molar-refractivity contribution in [2.75, 3.05) is 13.2 Å². The van der Waals surface area contributed by atoms with Crippen molar-refractivity contribution in [3.05, 3.63) is 0 Å². The fourth-order valence-corrected chi connectivity index (χ4v) is 0.292. The summed E-state index contributed by atoms with van der Waals surface area (Å²) >= 11 is 0. The van der Waals surface area contributed by atoms with Gasteiger partial charge < -0.3 is 24.2 Å². The van der Waals surface area contributed by atoms with E-state index >= 15 is 0 Å². The van der Waals surface area contributed by atoms with Crippen LogP contribution >= 0.6 is 7.82 Å². The molecule has 0 aromatic rings. The Bertz CT molecular complexity index is 154. The first-order valence-corrected chi connectivity index (χ1v) is 4.04. The Labute approximate surface area is 61.8 Å². The second-order valence-electron chi connectivity index (χ2n) is 1.46. The molecule has 1 saturated heterocycles. The molecule has 0 atom stereocenters. The summed E-state index contributed by atoms with van der Waals surface area (Å²) in [4.78, 5) is 31.4. The summed E-state index contributed by atoms with van der Waals surface area (Å²) in [6.45, 7) is 0.831. The second-order valence-corrected chi connectivity index (χ2v) is 2.49. The molecule has 1 rings (SSSR count). The fourth-order valence-electron chi connectivity index (χ4n) is 0.292. The number of hydrogen-bond acceptors (Lipinski definition) is 4. The Hall–Kier alpha value is -0.620. The van der Waals surface area contributed by atoms with E-state index in [0.717, 1.165) is 0 Å². The Morgan fingerprint density at radius 3 is 1.55 bits per heavy atom. The largest absolute Gasteiger partial charge is 0.508 e. The van der Waals surface area contributed by atoms with E-state index in [9.17, 15) is 4.79 Å². The Morgan fingerprint density at radius 2 is 1.45 bits per heavy atom. The number of ether oxygens (including phenoxy) is 2. The van der Waals surface area contributed by atoms with Crippen molar-refractivity contribution < 1.29 is 33.5 Å². The number of rotatable bonds is 0. The van der Waals surface area contributed by atoms with Crippen molar-refractivity contribution in [2.24, 2.45) is 0 Å². The average molecular weight is 186 g/mol. The van der Waals surface area contributed by atoms with Gasteiger partial charge in [0.15, 0.2) is 0 Å². The molecule has 0 spiro atoms. The molecule has 8 heteroatoms. The monoisotopic (exact) mass is 186 g/mol. The van der Waals surface area contributed by atoms with Gasteiger partial charge in [0.1, 0.15) is 13.2 Å². The van der Waals surface area contributed by atoms with Gasteiger partial charge in [-0.25, -0.2) is 9.36 Å². The van der Waals surface area contributed by atoms with Gasteiger partial charge in [0.25, 0.3) is 0 Å². The van der Waals surface area contributed by atoms with Crippen LogP contribution in [0.1, 0.15) is 0 Å². The van der Waals surface area contributed by atoms with E-state index < -0.39 is 14.0 Å². The molecular weight excluding hydrogens is 179 g/mol. The van der Waals surface area contributed by atoms with Crippen LogP contribution in [0.5, 0.6) is 0 Å². The maximum Gasteiger partial charge on any atom is 0.508 e. The van der Waals surface area contributed by atoms with Crippen molar-refractivity contribution in [3.8, 4) is 0 Å². The lowest BCUT2D eigenvalue weighted by Crippen LogP contribution is -1.88. The highest BCUT2D eigenvalue weighted by Crippen LogP contribution is 2.25. The van der Waals surface area contributed by atoms with Crippen LogP contribution in [0.3, 0.4) is 0 Å². The molecule has 1 fully saturated rings. The molecule has 7 nitrogen and oxygen atoms in total. The Morgan fingerprint density at radius 1 is 1.18 bits per heavy atom. The van der Waals surface area contributed by atoms with Crippen LogP contribution in [0.25, 0.3) is 0 Å². The summed E-state index contributed by atoms with van der Waals surface area (Å²) < 4.78 is 17.5. The molecule has 0 aliphatic carbocycles. The predicted molar refractivity (Wildman–Crippen MR) is 31.6 cm³/mol. The van der Waals surface area contributed by atoms with E-state index in [1.165, 1.54) is 0 Å². The molecule has 1 aliphatic heterocycles. The topological polar surface area (TPSA) is 113 Å². The van der Waals surface area contributed by atoms with Crippen LogP contribution in [-0.2, 0) is 14.0 Å². The lowest BCUT2D eigenvalue weighted by atomic mass is 10.8. The maximum absolute atomic E-state index is 9.80. The molecule has 0 unspecified atom stereocenters. The minimum Gasteiger partial charge on any atom is -0.431 e. The summed E-state index contributed by atoms with van der Waals surface area (Å²) in [6, 6.07) is 0. The third kappa shape index (κ3) is 12.6. The maximum atomic E-state index is 9.80. The first-order valence-electron chi connectivity index (χ1n) is 2.47. The van der Waals surface area contributed by atoms with Gasteiger partial charge in [0.05, 0.1) is 0 Å². The zero-order chi connectivity index (χ0) is 8.91. The Balaban J connectivity index is 0.000000187. The normalized spacial score (nSPS) is 16.1. The van der Waals surface area contributed by atoms with Gasteiger partial charge in [-0.05, 0) is 0 Å². The van der Waals surface area contributed by atoms with Gasteiger partial charge in [-0.2, -0.15) is 0 Å². The third-order valence-corrected chi connectivity index (χ3v) is 0.523. The van der Waals surface area contributed by atoms with Crippen molar-refractivity contribution in [1.29, 1.82) is 0 Å². The molecule has 0 aromatic heterocycles. The van der Waals surface area contributed by atoms with Gasteiger partial charge in [-0.1, -0.05) is 0 Å². The van der Waals surface area contributed by atoms with E-state index in [2.05, 4.69) is 9.47 Å². The molecule has 1 aliphatic rings. The van der Waals surface area contributed by atoms with Crippen LogP contribution < -0.4 is 0 Å². The van der Waals surface area contributed by atoms with Crippen LogP contribution in [-0.4, -0.2) is 34.0 Å². The SMILES string of the molecule is O=C1OCCO1.O=P(O)(O)O. The van der Waals surface area contributed by atoms with Gasteiger partial charge in [-0.15, -0.1) is 0 Å². The Kier molecular flexibility index (Phi) is 4.06. The summed E-state index contributed by atoms with van der Waals surface area (Å²) in [6.07, 6.45) is -0.546. The lowest BCUT2D eigenvalue weighted by molar-refractivity contribution is 0.131. The van der Waals surface area contributed by atoms with Gasteiger partial charge in [-0.3, -0.25) is 0 Å². The van der Waals surface area contributed by atoms with Gasteiger partial charge in [0, 0.05) is 0 Å². The number of hydrogen-bond donors (Lipinski definition) is 3. The van der Waals surface area contributed by atoms with Crippen LogP contribution in [0.4, 0.5) is 4.79 Å². The first kappa shape index (κ1) is 10.4.